The molecule has 0 saturated carbocycles. The molecule has 2 bridgehead atoms. The van der Waals surface area contributed by atoms with E-state index >= 15 is 0 Å². The van der Waals surface area contributed by atoms with Crippen LogP contribution < -0.4 is 0 Å². The van der Waals surface area contributed by atoms with Gasteiger partial charge < -0.3 is 14.2 Å². The van der Waals surface area contributed by atoms with Crippen LogP contribution in [0, 0.1) is 16.7 Å². The molecule has 0 aromatic rings. The number of methoxy groups -OCH3 is 2. The topological polar surface area (TPSA) is 44.8 Å². The van der Waals surface area contributed by atoms with Crippen molar-refractivity contribution < 1.29 is 19.0 Å². The van der Waals surface area contributed by atoms with Gasteiger partial charge in [0.2, 0.25) is 0 Å². The lowest BCUT2D eigenvalue weighted by atomic mass is 9.49. The van der Waals surface area contributed by atoms with E-state index in [0.29, 0.717) is 6.42 Å². The van der Waals surface area contributed by atoms with E-state index in [4.69, 9.17) is 14.2 Å². The Hall–Kier alpha value is -1.65. The van der Waals surface area contributed by atoms with Crippen LogP contribution in [0.15, 0.2) is 46.3 Å². The fraction of sp³-hybridized carbons (Fsp3) is 0.679. The van der Waals surface area contributed by atoms with Gasteiger partial charge >= 0.3 is 0 Å². The molecule has 2 fully saturated rings. The van der Waals surface area contributed by atoms with Crippen molar-refractivity contribution in [1.29, 1.82) is 0 Å². The summed E-state index contributed by atoms with van der Waals surface area (Å²) < 4.78 is 19.1. The SMILES string of the molecule is COC1=C(CC=C(C)C)C(=O)[C@H]2[C@]3(OC)OC(C[C@]13CC=C(C)C)[C@@]2(C)CCC=C(C)C. The highest BCUT2D eigenvalue weighted by Crippen LogP contribution is 2.73. The molecule has 0 aromatic carbocycles. The van der Waals surface area contributed by atoms with Crippen LogP contribution in [0.5, 0.6) is 0 Å². The van der Waals surface area contributed by atoms with Crippen molar-refractivity contribution in [3.05, 3.63) is 46.3 Å². The van der Waals surface area contributed by atoms with Gasteiger partial charge in [0.05, 0.1) is 24.5 Å². The highest BCUT2D eigenvalue weighted by Gasteiger charge is 2.80. The highest BCUT2D eigenvalue weighted by atomic mass is 16.7. The monoisotopic (exact) mass is 442 g/mol. The molecule has 2 heterocycles. The molecule has 0 spiro atoms. The van der Waals surface area contributed by atoms with E-state index < -0.39 is 11.2 Å². The van der Waals surface area contributed by atoms with Crippen LogP contribution in [0.2, 0.25) is 0 Å². The second kappa shape index (κ2) is 8.95. The molecule has 0 N–H and O–H groups in total. The number of hydrogen-bond donors (Lipinski definition) is 0. The van der Waals surface area contributed by atoms with Crippen molar-refractivity contribution in [2.75, 3.05) is 14.2 Å². The molecular formula is C28H42O4. The molecule has 0 aromatic heterocycles. The van der Waals surface area contributed by atoms with Crippen molar-refractivity contribution >= 4 is 5.78 Å². The Morgan fingerprint density at radius 2 is 1.66 bits per heavy atom. The number of carbonyl (C=O) groups excluding carboxylic acids is 1. The van der Waals surface area contributed by atoms with Crippen LogP contribution in [-0.2, 0) is 19.0 Å². The average Bonchev–Trinajstić information content (AvgIpc) is 3.18. The summed E-state index contributed by atoms with van der Waals surface area (Å²) in [5.41, 5.74) is 3.78. The second-order valence-electron chi connectivity index (χ2n) is 10.9. The van der Waals surface area contributed by atoms with Crippen LogP contribution in [0.25, 0.3) is 0 Å². The number of allylic oxidation sites excluding steroid dienone is 7. The Bertz CT molecular complexity index is 879. The molecule has 1 unspecified atom stereocenters. The van der Waals surface area contributed by atoms with Crippen molar-refractivity contribution in [3.63, 3.8) is 0 Å². The molecule has 3 aliphatic rings. The summed E-state index contributed by atoms with van der Waals surface area (Å²) in [5.74, 6) is -0.421. The zero-order chi connectivity index (χ0) is 23.9. The molecule has 32 heavy (non-hydrogen) atoms. The number of rotatable bonds is 9. The van der Waals surface area contributed by atoms with E-state index in [9.17, 15) is 4.79 Å². The summed E-state index contributed by atoms with van der Waals surface area (Å²) in [5, 5.41) is 0. The molecule has 4 heteroatoms. The third-order valence-electron chi connectivity index (χ3n) is 7.88. The molecule has 2 saturated heterocycles. The number of ketones is 1. The Morgan fingerprint density at radius 1 is 1.03 bits per heavy atom. The van der Waals surface area contributed by atoms with E-state index in [1.165, 1.54) is 16.7 Å². The van der Waals surface area contributed by atoms with E-state index in [0.717, 1.165) is 37.0 Å². The summed E-state index contributed by atoms with van der Waals surface area (Å²) >= 11 is 0. The zero-order valence-electron chi connectivity index (χ0n) is 21.6. The minimum Gasteiger partial charge on any atom is -0.500 e. The van der Waals surface area contributed by atoms with Crippen molar-refractivity contribution in [1.82, 2.24) is 0 Å². The molecule has 178 valence electrons. The first-order chi connectivity index (χ1) is 15.0. The first-order valence-electron chi connectivity index (χ1n) is 11.9. The molecule has 0 radical (unpaired) electrons. The number of fused-ring (bicyclic) bond motifs is 1. The molecule has 0 amide bonds. The molecule has 5 atom stereocenters. The Balaban J connectivity index is 2.21. The summed E-state index contributed by atoms with van der Waals surface area (Å²) in [6.07, 6.45) is 10.6. The third kappa shape index (κ3) is 3.64. The Kier molecular flexibility index (Phi) is 6.98. The maximum Gasteiger partial charge on any atom is 0.192 e. The van der Waals surface area contributed by atoms with Crippen LogP contribution in [0.4, 0.5) is 0 Å². The smallest absolute Gasteiger partial charge is 0.192 e. The standard InChI is InChI=1S/C28H42O4/c1-18(2)11-10-15-26(7)22-17-27(16-14-20(5)6)25(30-8)21(13-12-19(3)4)23(29)24(26)28(27,31-9)32-22/h11-12,14,22,24H,10,13,15-17H2,1-9H3/t22?,24-,26-,27-,28+/m1/s1. The fourth-order valence-corrected chi connectivity index (χ4v) is 6.31. The lowest BCUT2D eigenvalue weighted by Crippen LogP contribution is -2.63. The highest BCUT2D eigenvalue weighted by molar-refractivity contribution is 6.01. The normalized spacial score (nSPS) is 35.1. The zero-order valence-corrected chi connectivity index (χ0v) is 21.6. The van der Waals surface area contributed by atoms with Gasteiger partial charge in [-0.15, -0.1) is 0 Å². The van der Waals surface area contributed by atoms with E-state index in [-0.39, 0.29) is 23.2 Å². The molecule has 3 rings (SSSR count). The largest absolute Gasteiger partial charge is 0.500 e. The van der Waals surface area contributed by atoms with E-state index in [2.05, 4.69) is 66.7 Å². The summed E-state index contributed by atoms with van der Waals surface area (Å²) in [4.78, 5) is 14.2. The Labute approximate surface area is 194 Å². The van der Waals surface area contributed by atoms with Gasteiger partial charge in [-0.3, -0.25) is 4.79 Å². The van der Waals surface area contributed by atoms with Crippen LogP contribution >= 0.6 is 0 Å². The molecule has 1 aliphatic carbocycles. The van der Waals surface area contributed by atoms with Gasteiger partial charge in [-0.2, -0.15) is 0 Å². The lowest BCUT2D eigenvalue weighted by molar-refractivity contribution is -0.256. The van der Waals surface area contributed by atoms with Gasteiger partial charge in [0.25, 0.3) is 0 Å². The fourth-order valence-electron chi connectivity index (χ4n) is 6.31. The number of carbonyl (C=O) groups is 1. The van der Waals surface area contributed by atoms with Crippen LogP contribution in [0.1, 0.15) is 80.6 Å². The number of hydrogen-bond acceptors (Lipinski definition) is 4. The van der Waals surface area contributed by atoms with Gasteiger partial charge in [0.1, 0.15) is 5.76 Å². The minimum absolute atomic E-state index is 0.0392. The molecule has 4 nitrogen and oxygen atoms in total. The number of Topliss-reactive ketones (excluding diaryl/α,β-unsaturated/α-hetero) is 1. The first-order valence-corrected chi connectivity index (χ1v) is 11.9. The second-order valence-corrected chi connectivity index (χ2v) is 10.9. The molecule has 2 aliphatic heterocycles. The summed E-state index contributed by atoms with van der Waals surface area (Å²) in [7, 11) is 3.40. The minimum atomic E-state index is -0.986. The summed E-state index contributed by atoms with van der Waals surface area (Å²) in [6, 6.07) is 0. The van der Waals surface area contributed by atoms with Crippen molar-refractivity contribution in [2.24, 2.45) is 16.7 Å². The maximum absolute atomic E-state index is 14.2. The van der Waals surface area contributed by atoms with Gasteiger partial charge in [0.15, 0.2) is 11.6 Å². The predicted octanol–water partition coefficient (Wildman–Crippen LogP) is 6.68. The quantitative estimate of drug-likeness (QED) is 0.374. The van der Waals surface area contributed by atoms with Crippen LogP contribution in [0.3, 0.4) is 0 Å². The van der Waals surface area contributed by atoms with Crippen molar-refractivity contribution in [2.45, 2.75) is 92.5 Å². The third-order valence-corrected chi connectivity index (χ3v) is 7.88. The van der Waals surface area contributed by atoms with E-state index in [1.54, 1.807) is 14.2 Å². The Morgan fingerprint density at radius 3 is 2.19 bits per heavy atom. The van der Waals surface area contributed by atoms with Gasteiger partial charge in [-0.25, -0.2) is 0 Å². The predicted molar refractivity (Wildman–Crippen MR) is 129 cm³/mol. The van der Waals surface area contributed by atoms with Crippen LogP contribution in [-0.4, -0.2) is 31.9 Å². The maximum atomic E-state index is 14.2. The average molecular weight is 443 g/mol. The number of ether oxygens (including phenoxy) is 3. The van der Waals surface area contributed by atoms with Gasteiger partial charge in [-0.1, -0.05) is 41.9 Å². The van der Waals surface area contributed by atoms with E-state index in [1.807, 2.05) is 0 Å². The first kappa shape index (κ1) is 25.0. The summed E-state index contributed by atoms with van der Waals surface area (Å²) in [6.45, 7) is 14.8. The van der Waals surface area contributed by atoms with Crippen molar-refractivity contribution in [3.8, 4) is 0 Å². The van der Waals surface area contributed by atoms with Gasteiger partial charge in [-0.05, 0) is 73.6 Å². The van der Waals surface area contributed by atoms with Gasteiger partial charge in [0, 0.05) is 18.1 Å². The lowest BCUT2D eigenvalue weighted by Gasteiger charge is -2.55. The molecular weight excluding hydrogens is 400 g/mol.